The molecule has 0 aromatic carbocycles. The predicted octanol–water partition coefficient (Wildman–Crippen LogP) is -1.81. The molecule has 0 radical (unpaired) electrons. The molecule has 18 heavy (non-hydrogen) atoms. The first kappa shape index (κ1) is 14.4. The van der Waals surface area contributed by atoms with E-state index in [4.69, 9.17) is 5.73 Å². The third-order valence-corrected chi connectivity index (χ3v) is 3.08. The van der Waals surface area contributed by atoms with E-state index < -0.39 is 12.1 Å². The van der Waals surface area contributed by atoms with Crippen LogP contribution in [0.4, 0.5) is 0 Å². The van der Waals surface area contributed by atoms with Gasteiger partial charge < -0.3 is 21.3 Å². The second-order valence-corrected chi connectivity index (χ2v) is 4.28. The summed E-state index contributed by atoms with van der Waals surface area (Å²) < 4.78 is 0. The fourth-order valence-corrected chi connectivity index (χ4v) is 2.09. The molecule has 1 rings (SSSR count). The van der Waals surface area contributed by atoms with Gasteiger partial charge >= 0.3 is 0 Å². The van der Waals surface area contributed by atoms with E-state index in [0.717, 1.165) is 6.42 Å². The van der Waals surface area contributed by atoms with Gasteiger partial charge in [-0.25, -0.2) is 0 Å². The molecule has 3 amide bonds. The molecule has 0 bridgehead atoms. The molecule has 102 valence electrons. The molecule has 1 fully saturated rings. The van der Waals surface area contributed by atoms with E-state index >= 15 is 0 Å². The second-order valence-electron chi connectivity index (χ2n) is 4.28. The number of nitrogens with one attached hydrogen (secondary N) is 2. The second kappa shape index (κ2) is 6.34. The molecule has 0 saturated carbocycles. The molecule has 1 aliphatic heterocycles. The van der Waals surface area contributed by atoms with Crippen molar-refractivity contribution in [1.29, 1.82) is 0 Å². The highest BCUT2D eigenvalue weighted by Gasteiger charge is 2.33. The molecule has 7 heteroatoms. The summed E-state index contributed by atoms with van der Waals surface area (Å²) in [4.78, 5) is 36.3. The van der Waals surface area contributed by atoms with Gasteiger partial charge in [0.25, 0.3) is 0 Å². The van der Waals surface area contributed by atoms with Crippen LogP contribution in [0.3, 0.4) is 0 Å². The molecule has 0 aromatic heterocycles. The summed E-state index contributed by atoms with van der Waals surface area (Å²) in [6, 6.07) is -1.24. The number of rotatable bonds is 4. The molecule has 4 N–H and O–H groups in total. The highest BCUT2D eigenvalue weighted by Crippen LogP contribution is 2.17. The number of likely N-dealkylation sites (tertiary alicyclic amines) is 1. The van der Waals surface area contributed by atoms with Gasteiger partial charge in [-0.05, 0) is 12.8 Å². The summed E-state index contributed by atoms with van der Waals surface area (Å²) in [5.41, 5.74) is 5.43. The predicted molar refractivity (Wildman–Crippen MR) is 65.5 cm³/mol. The van der Waals surface area contributed by atoms with Crippen LogP contribution in [-0.4, -0.2) is 54.8 Å². The van der Waals surface area contributed by atoms with Gasteiger partial charge in [-0.1, -0.05) is 0 Å². The molecule has 1 saturated heterocycles. The zero-order valence-corrected chi connectivity index (χ0v) is 10.7. The monoisotopic (exact) mass is 256 g/mol. The van der Waals surface area contributed by atoms with Crippen LogP contribution >= 0.6 is 0 Å². The van der Waals surface area contributed by atoms with Crippen LogP contribution in [0.1, 0.15) is 19.8 Å². The Morgan fingerprint density at radius 1 is 1.44 bits per heavy atom. The molecule has 0 aromatic rings. The highest BCUT2D eigenvalue weighted by atomic mass is 16.2. The number of hydrogen-bond donors (Lipinski definition) is 3. The topological polar surface area (TPSA) is 105 Å². The van der Waals surface area contributed by atoms with E-state index in [1.54, 1.807) is 0 Å². The van der Waals surface area contributed by atoms with E-state index in [1.807, 2.05) is 0 Å². The normalized spacial score (nSPS) is 20.4. The Kier molecular flexibility index (Phi) is 5.08. The summed E-state index contributed by atoms with van der Waals surface area (Å²) >= 11 is 0. The number of nitrogens with two attached hydrogens (primary N) is 1. The van der Waals surface area contributed by atoms with Gasteiger partial charge in [0.05, 0.1) is 0 Å². The lowest BCUT2D eigenvalue weighted by Crippen LogP contribution is -2.55. The van der Waals surface area contributed by atoms with Crippen LogP contribution in [0.25, 0.3) is 0 Å². The van der Waals surface area contributed by atoms with Crippen molar-refractivity contribution < 1.29 is 14.4 Å². The highest BCUT2D eigenvalue weighted by molar-refractivity contribution is 5.92. The summed E-state index contributed by atoms with van der Waals surface area (Å²) in [5.74, 6) is -0.781. The number of carbonyl (C=O) groups is 3. The van der Waals surface area contributed by atoms with Gasteiger partial charge in [0.2, 0.25) is 17.7 Å². The molecule has 0 spiro atoms. The van der Waals surface area contributed by atoms with E-state index in [9.17, 15) is 14.4 Å². The van der Waals surface area contributed by atoms with Crippen LogP contribution in [0.2, 0.25) is 0 Å². The van der Waals surface area contributed by atoms with Crippen molar-refractivity contribution in [3.05, 3.63) is 0 Å². The number of amides is 3. The van der Waals surface area contributed by atoms with Crippen LogP contribution in [0.5, 0.6) is 0 Å². The van der Waals surface area contributed by atoms with Crippen LogP contribution in [-0.2, 0) is 14.4 Å². The Morgan fingerprint density at radius 3 is 2.61 bits per heavy atom. The van der Waals surface area contributed by atoms with Gasteiger partial charge in [0.15, 0.2) is 0 Å². The maximum absolute atomic E-state index is 12.0. The SMILES string of the molecule is CNC(=O)C(CN)NC(=O)C1CCCN1C(C)=O. The Hall–Kier alpha value is -1.63. The van der Waals surface area contributed by atoms with Crippen LogP contribution in [0.15, 0.2) is 0 Å². The Labute approximate surface area is 106 Å². The van der Waals surface area contributed by atoms with E-state index in [-0.39, 0.29) is 24.3 Å². The molecule has 2 atom stereocenters. The first-order valence-corrected chi connectivity index (χ1v) is 6.00. The van der Waals surface area contributed by atoms with Crippen molar-refractivity contribution >= 4 is 17.7 Å². The zero-order chi connectivity index (χ0) is 13.7. The average Bonchev–Trinajstić information content (AvgIpc) is 2.84. The van der Waals surface area contributed by atoms with Gasteiger partial charge in [0.1, 0.15) is 12.1 Å². The maximum atomic E-state index is 12.0. The Balaban J connectivity index is 2.64. The third-order valence-electron chi connectivity index (χ3n) is 3.08. The van der Waals surface area contributed by atoms with Gasteiger partial charge in [-0.15, -0.1) is 0 Å². The zero-order valence-electron chi connectivity index (χ0n) is 10.7. The Bertz CT molecular complexity index is 345. The van der Waals surface area contributed by atoms with E-state index in [1.165, 1.54) is 18.9 Å². The number of nitrogens with zero attached hydrogens (tertiary/aromatic N) is 1. The first-order chi connectivity index (χ1) is 8.51. The lowest BCUT2D eigenvalue weighted by Gasteiger charge is -2.24. The van der Waals surface area contributed by atoms with Crippen molar-refractivity contribution in [3.8, 4) is 0 Å². The van der Waals surface area contributed by atoms with E-state index in [0.29, 0.717) is 13.0 Å². The fourth-order valence-electron chi connectivity index (χ4n) is 2.09. The molecule has 2 unspecified atom stereocenters. The molecule has 1 heterocycles. The maximum Gasteiger partial charge on any atom is 0.243 e. The first-order valence-electron chi connectivity index (χ1n) is 6.00. The Morgan fingerprint density at radius 2 is 2.11 bits per heavy atom. The van der Waals surface area contributed by atoms with Gasteiger partial charge in [-0.3, -0.25) is 14.4 Å². The fraction of sp³-hybridized carbons (Fsp3) is 0.727. The van der Waals surface area contributed by atoms with Gasteiger partial charge in [0, 0.05) is 27.1 Å². The standard InChI is InChI=1S/C11H20N4O3/c1-7(16)15-5-3-4-9(15)11(18)14-8(6-12)10(17)13-2/h8-9H,3-6,12H2,1-2H3,(H,13,17)(H,14,18). The third kappa shape index (κ3) is 3.19. The minimum atomic E-state index is -0.753. The lowest BCUT2D eigenvalue weighted by molar-refractivity contribution is -0.138. The lowest BCUT2D eigenvalue weighted by atomic mass is 10.1. The summed E-state index contributed by atoms with van der Waals surface area (Å²) in [5, 5.41) is 5.01. The number of likely N-dealkylation sites (N-methyl/N-ethyl adjacent to an activating group) is 1. The van der Waals surface area contributed by atoms with Crippen molar-refractivity contribution in [2.45, 2.75) is 31.8 Å². The van der Waals surface area contributed by atoms with Gasteiger partial charge in [-0.2, -0.15) is 0 Å². The van der Waals surface area contributed by atoms with Crippen molar-refractivity contribution in [3.63, 3.8) is 0 Å². The minimum absolute atomic E-state index is 0.0260. The quantitative estimate of drug-likeness (QED) is 0.551. The number of carbonyl (C=O) groups excluding carboxylic acids is 3. The van der Waals surface area contributed by atoms with Crippen LogP contribution in [0, 0.1) is 0 Å². The average molecular weight is 256 g/mol. The summed E-state index contributed by atoms with van der Waals surface area (Å²) in [6.45, 7) is 2.05. The van der Waals surface area contributed by atoms with Crippen molar-refractivity contribution in [1.82, 2.24) is 15.5 Å². The van der Waals surface area contributed by atoms with Crippen LogP contribution < -0.4 is 16.4 Å². The van der Waals surface area contributed by atoms with Crippen molar-refractivity contribution in [2.24, 2.45) is 5.73 Å². The molecule has 1 aliphatic rings. The summed E-state index contributed by atoms with van der Waals surface area (Å²) in [6.07, 6.45) is 1.42. The molecular formula is C11H20N4O3. The van der Waals surface area contributed by atoms with E-state index in [2.05, 4.69) is 10.6 Å². The largest absolute Gasteiger partial charge is 0.357 e. The smallest absolute Gasteiger partial charge is 0.243 e. The summed E-state index contributed by atoms with van der Waals surface area (Å²) in [7, 11) is 1.48. The molecular weight excluding hydrogens is 236 g/mol. The molecule has 0 aliphatic carbocycles. The number of hydrogen-bond acceptors (Lipinski definition) is 4. The molecule has 7 nitrogen and oxygen atoms in total. The van der Waals surface area contributed by atoms with Crippen molar-refractivity contribution in [2.75, 3.05) is 20.1 Å². The minimum Gasteiger partial charge on any atom is -0.357 e.